The number of hydrogen-bond acceptors (Lipinski definition) is 7. The zero-order chi connectivity index (χ0) is 24.0. The third-order valence-electron chi connectivity index (χ3n) is 4.82. The molecule has 13 heteroatoms. The van der Waals surface area contributed by atoms with Crippen molar-refractivity contribution in [2.45, 2.75) is 31.0 Å². The summed E-state index contributed by atoms with van der Waals surface area (Å²) in [5, 5.41) is 12.2. The quantitative estimate of drug-likeness (QED) is 0.451. The highest BCUT2D eigenvalue weighted by atomic mass is 32.2. The Morgan fingerprint density at radius 2 is 1.97 bits per heavy atom. The minimum Gasteiger partial charge on any atom is -0.274 e. The highest BCUT2D eigenvalue weighted by molar-refractivity contribution is 7.89. The third-order valence-corrected chi connectivity index (χ3v) is 6.92. The van der Waals surface area contributed by atoms with E-state index in [4.69, 9.17) is 0 Å². The normalized spacial score (nSPS) is 13.2. The second-order valence-corrected chi connectivity index (χ2v) is 9.60. The molecule has 0 aliphatic rings. The number of aryl methyl sites for hydroxylation is 1. The lowest BCUT2D eigenvalue weighted by molar-refractivity contribution is -0.147. The van der Waals surface area contributed by atoms with Gasteiger partial charge in [-0.15, -0.1) is 11.3 Å². The van der Waals surface area contributed by atoms with E-state index in [2.05, 4.69) is 21.0 Å². The molecule has 0 aliphatic heterocycles. The number of alkyl halides is 3. The van der Waals surface area contributed by atoms with Gasteiger partial charge in [0.05, 0.1) is 22.5 Å². The SMILES string of the molecule is Cc1cnc2c(c1)c(C#N)c(-c1ccc(S(=O)(=O)NC(C)C(F)(F)F)cn1)n2-c1cscn1. The van der Waals surface area contributed by atoms with Crippen molar-refractivity contribution in [3.63, 3.8) is 0 Å². The predicted octanol–water partition coefficient (Wildman–Crippen LogP) is 3.95. The first-order chi connectivity index (χ1) is 15.5. The second kappa shape index (κ2) is 8.22. The van der Waals surface area contributed by atoms with Gasteiger partial charge in [0, 0.05) is 23.2 Å². The van der Waals surface area contributed by atoms with Crippen LogP contribution in [0, 0.1) is 18.3 Å². The van der Waals surface area contributed by atoms with Crippen LogP contribution in [0.25, 0.3) is 28.2 Å². The van der Waals surface area contributed by atoms with E-state index in [-0.39, 0.29) is 11.3 Å². The van der Waals surface area contributed by atoms with Gasteiger partial charge in [0.25, 0.3) is 0 Å². The predicted molar refractivity (Wildman–Crippen MR) is 115 cm³/mol. The molecular formula is C20H15F3N6O2S2. The van der Waals surface area contributed by atoms with E-state index in [1.807, 2.05) is 6.92 Å². The van der Waals surface area contributed by atoms with E-state index < -0.39 is 27.1 Å². The Bertz CT molecular complexity index is 1470. The summed E-state index contributed by atoms with van der Waals surface area (Å²) in [5.74, 6) is 0.497. The number of thiazole rings is 1. The molecule has 0 amide bonds. The van der Waals surface area contributed by atoms with Gasteiger partial charge in [0.1, 0.15) is 28.5 Å². The van der Waals surface area contributed by atoms with Crippen LogP contribution in [0.15, 0.2) is 46.4 Å². The number of nitriles is 1. The number of fused-ring (bicyclic) bond motifs is 1. The zero-order valence-electron chi connectivity index (χ0n) is 17.1. The fourth-order valence-corrected chi connectivity index (χ4v) is 4.90. The number of rotatable bonds is 5. The lowest BCUT2D eigenvalue weighted by atomic mass is 10.1. The minimum atomic E-state index is -4.73. The molecule has 4 rings (SSSR count). The van der Waals surface area contributed by atoms with E-state index in [0.29, 0.717) is 29.5 Å². The molecular weight excluding hydrogens is 477 g/mol. The Kier molecular flexibility index (Phi) is 5.69. The van der Waals surface area contributed by atoms with Crippen molar-refractivity contribution in [2.24, 2.45) is 0 Å². The Morgan fingerprint density at radius 1 is 1.21 bits per heavy atom. The van der Waals surface area contributed by atoms with Crippen LogP contribution in [0.1, 0.15) is 18.1 Å². The summed E-state index contributed by atoms with van der Waals surface area (Å²) in [5.41, 5.74) is 3.76. The van der Waals surface area contributed by atoms with Gasteiger partial charge in [-0.2, -0.15) is 23.2 Å². The lowest BCUT2D eigenvalue weighted by Gasteiger charge is -2.17. The van der Waals surface area contributed by atoms with Crippen molar-refractivity contribution in [2.75, 3.05) is 0 Å². The third kappa shape index (κ3) is 4.20. The molecule has 0 saturated heterocycles. The molecule has 1 atom stereocenters. The van der Waals surface area contributed by atoms with Gasteiger partial charge in [0.2, 0.25) is 10.0 Å². The smallest absolute Gasteiger partial charge is 0.274 e. The summed E-state index contributed by atoms with van der Waals surface area (Å²) < 4.78 is 66.3. The highest BCUT2D eigenvalue weighted by Crippen LogP contribution is 2.35. The largest absolute Gasteiger partial charge is 0.404 e. The van der Waals surface area contributed by atoms with Crippen molar-refractivity contribution in [3.8, 4) is 23.3 Å². The van der Waals surface area contributed by atoms with E-state index in [1.54, 1.807) is 32.4 Å². The first-order valence-corrected chi connectivity index (χ1v) is 11.8. The van der Waals surface area contributed by atoms with Crippen LogP contribution in [0.4, 0.5) is 13.2 Å². The van der Waals surface area contributed by atoms with Crippen LogP contribution in [0.3, 0.4) is 0 Å². The van der Waals surface area contributed by atoms with Crippen molar-refractivity contribution in [1.82, 2.24) is 24.2 Å². The van der Waals surface area contributed by atoms with Gasteiger partial charge in [-0.25, -0.2) is 18.4 Å². The molecule has 0 saturated carbocycles. The van der Waals surface area contributed by atoms with Crippen molar-refractivity contribution >= 4 is 32.4 Å². The Morgan fingerprint density at radius 3 is 2.55 bits per heavy atom. The number of halogens is 3. The number of aromatic nitrogens is 4. The Labute approximate surface area is 190 Å². The first kappa shape index (κ1) is 22.8. The van der Waals surface area contributed by atoms with Crippen molar-refractivity contribution < 1.29 is 21.6 Å². The maximum atomic E-state index is 12.8. The number of hydrogen-bond donors (Lipinski definition) is 1. The molecule has 4 heterocycles. The van der Waals surface area contributed by atoms with Crippen molar-refractivity contribution in [3.05, 3.63) is 52.6 Å². The molecule has 1 N–H and O–H groups in total. The second-order valence-electron chi connectivity index (χ2n) is 7.17. The summed E-state index contributed by atoms with van der Waals surface area (Å²) in [6, 6.07) is 4.15. The molecule has 33 heavy (non-hydrogen) atoms. The molecule has 4 aromatic rings. The van der Waals surface area contributed by atoms with Crippen LogP contribution < -0.4 is 4.72 Å². The van der Waals surface area contributed by atoms with Gasteiger partial charge in [0.15, 0.2) is 0 Å². The van der Waals surface area contributed by atoms with Crippen LogP contribution in [0.5, 0.6) is 0 Å². The number of nitrogens with zero attached hydrogens (tertiary/aromatic N) is 5. The number of sulfonamides is 1. The molecule has 1 unspecified atom stereocenters. The lowest BCUT2D eigenvalue weighted by Crippen LogP contribution is -2.42. The average Bonchev–Trinajstić information content (AvgIpc) is 3.38. The van der Waals surface area contributed by atoms with E-state index in [1.165, 1.54) is 17.4 Å². The standard InChI is InChI=1S/C20H15F3N6O2S2/c1-11-5-14-15(6-24)18(29(19(14)26-7-11)17-9-32-10-27-17)16-4-3-13(8-25-16)33(30,31)28-12(2)20(21,22)23/h3-5,7-10,12,28H,1-2H3. The van der Waals surface area contributed by atoms with Crippen LogP contribution in [-0.2, 0) is 10.0 Å². The molecule has 0 bridgehead atoms. The van der Waals surface area contributed by atoms with Crippen LogP contribution in [0.2, 0.25) is 0 Å². The Balaban J connectivity index is 1.85. The average molecular weight is 493 g/mol. The van der Waals surface area contributed by atoms with Gasteiger partial charge in [-0.3, -0.25) is 9.55 Å². The molecule has 8 nitrogen and oxygen atoms in total. The molecule has 4 aromatic heterocycles. The molecule has 0 spiro atoms. The van der Waals surface area contributed by atoms with E-state index in [9.17, 15) is 26.9 Å². The fraction of sp³-hybridized carbons (Fsp3) is 0.200. The van der Waals surface area contributed by atoms with Gasteiger partial charge in [-0.1, -0.05) is 0 Å². The van der Waals surface area contributed by atoms with Crippen LogP contribution in [-0.4, -0.2) is 40.2 Å². The summed E-state index contributed by atoms with van der Waals surface area (Å²) in [6.07, 6.45) is -2.14. The topological polar surface area (TPSA) is 114 Å². The summed E-state index contributed by atoms with van der Waals surface area (Å²) in [6.45, 7) is 2.54. The monoisotopic (exact) mass is 492 g/mol. The van der Waals surface area contributed by atoms with Gasteiger partial charge >= 0.3 is 6.18 Å². The van der Waals surface area contributed by atoms with Gasteiger partial charge in [-0.05, 0) is 37.6 Å². The summed E-state index contributed by atoms with van der Waals surface area (Å²) in [7, 11) is -4.47. The molecule has 0 aromatic carbocycles. The Hall–Kier alpha value is -3.34. The maximum Gasteiger partial charge on any atom is 0.404 e. The van der Waals surface area contributed by atoms with Gasteiger partial charge < -0.3 is 0 Å². The maximum absolute atomic E-state index is 12.8. The molecule has 0 radical (unpaired) electrons. The molecule has 0 fully saturated rings. The van der Waals surface area contributed by atoms with E-state index >= 15 is 0 Å². The minimum absolute atomic E-state index is 0.234. The summed E-state index contributed by atoms with van der Waals surface area (Å²) >= 11 is 1.34. The van der Waals surface area contributed by atoms with E-state index in [0.717, 1.165) is 17.8 Å². The fourth-order valence-electron chi connectivity index (χ4n) is 3.21. The van der Waals surface area contributed by atoms with Crippen molar-refractivity contribution in [1.29, 1.82) is 5.26 Å². The zero-order valence-corrected chi connectivity index (χ0v) is 18.8. The molecule has 0 aliphatic carbocycles. The molecule has 170 valence electrons. The number of nitrogens with one attached hydrogen (secondary N) is 1. The first-order valence-electron chi connectivity index (χ1n) is 9.38. The highest BCUT2D eigenvalue weighted by Gasteiger charge is 2.39. The summed E-state index contributed by atoms with van der Waals surface area (Å²) in [4.78, 5) is 12.5. The number of pyridine rings is 2. The van der Waals surface area contributed by atoms with Crippen LogP contribution >= 0.6 is 11.3 Å².